The van der Waals surface area contributed by atoms with Crippen LogP contribution >= 0.6 is 0 Å². The van der Waals surface area contributed by atoms with Crippen molar-refractivity contribution >= 4 is 29.3 Å². The number of ether oxygens (including phenoxy) is 1. The minimum Gasteiger partial charge on any atom is -0.497 e. The zero-order chi connectivity index (χ0) is 43.5. The van der Waals surface area contributed by atoms with Gasteiger partial charge in [-0.1, -0.05) is 24.3 Å². The smallest absolute Gasteiger partial charge is 0.253 e. The van der Waals surface area contributed by atoms with Crippen molar-refractivity contribution in [1.82, 2.24) is 30.4 Å². The van der Waals surface area contributed by atoms with E-state index in [1.807, 2.05) is 48.5 Å². The highest BCUT2D eigenvalue weighted by atomic mass is 19.1. The first-order valence-corrected chi connectivity index (χ1v) is 22.3. The number of methoxy groups -OCH3 is 1. The number of amides is 4. The first-order chi connectivity index (χ1) is 30.7. The number of carbonyl (C=O) groups is 4. The van der Waals surface area contributed by atoms with Gasteiger partial charge in [0.25, 0.3) is 11.8 Å². The molecule has 1 atom stereocenters. The predicted octanol–water partition coefficient (Wildman–Crippen LogP) is 7.11. The Bertz CT molecular complexity index is 2490. The number of H-pyrrole nitrogens is 1. The zero-order valence-electron chi connectivity index (χ0n) is 35.7. The number of benzene rings is 3. The Labute approximate surface area is 367 Å². The maximum atomic E-state index is 15.5. The third kappa shape index (κ3) is 9.39. The molecule has 1 unspecified atom stereocenters. The van der Waals surface area contributed by atoms with E-state index in [0.29, 0.717) is 42.1 Å². The normalized spacial score (nSPS) is 20.6. The summed E-state index contributed by atoms with van der Waals surface area (Å²) < 4.78 is 20.8. The number of halogens is 1. The van der Waals surface area contributed by atoms with Gasteiger partial charge in [-0.3, -0.25) is 34.0 Å². The summed E-state index contributed by atoms with van der Waals surface area (Å²) in [7, 11) is 1.61. The standard InChI is InChI=1S/C50H54FN7O5/c1-63-39-12-7-33(8-13-39)31-58-47(59)16-15-40(50(58)62)34-3-2-4-38(27-34)57-25-23-56(24-26-57)22-19-32-5-10-37(11-6-32)54-48(60)36-9-14-41(43(51)28-36)46-29-35(17-20-52-46)45-30-42-44(55-45)18-21-53-49(42)61/h2-4,7-9,12-14,17,20,27-30,32,37,40,55H,5-6,10-11,15-16,18-19,21-26,31H2,1H3,(H,53,61)(H,54,60). The number of hydrogen-bond donors (Lipinski definition) is 3. The SMILES string of the molecule is COc1ccc(CN2C(=O)CCC(c3cccc(N4CCN(CCC5CCC(NC(=O)c6ccc(-c7cc(-c8cc9c([nH]8)CCNC9=O)ccn7)c(F)c6)CC5)CC4)c3)C2=O)cc1. The number of likely N-dealkylation sites (tertiary alicyclic amines) is 1. The van der Waals surface area contributed by atoms with Gasteiger partial charge in [-0.15, -0.1) is 0 Å². The molecule has 2 saturated heterocycles. The van der Waals surface area contributed by atoms with Crippen LogP contribution in [0.1, 0.15) is 88.4 Å². The molecule has 3 N–H and O–H groups in total. The highest BCUT2D eigenvalue weighted by molar-refractivity contribution is 6.01. The third-order valence-electron chi connectivity index (χ3n) is 13.4. The van der Waals surface area contributed by atoms with Gasteiger partial charge in [0.05, 0.1) is 30.8 Å². The van der Waals surface area contributed by atoms with E-state index in [4.69, 9.17) is 4.74 Å². The van der Waals surface area contributed by atoms with Gasteiger partial charge in [0.1, 0.15) is 11.6 Å². The monoisotopic (exact) mass is 851 g/mol. The molecule has 9 rings (SSSR count). The summed E-state index contributed by atoms with van der Waals surface area (Å²) in [5, 5.41) is 6.01. The van der Waals surface area contributed by atoms with E-state index >= 15 is 4.39 Å². The van der Waals surface area contributed by atoms with Crippen LogP contribution in [-0.4, -0.2) is 95.8 Å². The Morgan fingerprint density at radius 3 is 2.44 bits per heavy atom. The number of imide groups is 1. The highest BCUT2D eigenvalue weighted by Gasteiger charge is 2.36. The topological polar surface area (TPSA) is 140 Å². The fourth-order valence-electron chi connectivity index (χ4n) is 9.68. The first kappa shape index (κ1) is 42.0. The van der Waals surface area contributed by atoms with Crippen molar-refractivity contribution in [2.24, 2.45) is 5.92 Å². The molecule has 3 fully saturated rings. The number of anilines is 1. The zero-order valence-corrected chi connectivity index (χ0v) is 35.7. The number of piperazine rings is 1. The number of carbonyl (C=O) groups excluding carboxylic acids is 4. The second-order valence-corrected chi connectivity index (χ2v) is 17.4. The Balaban J connectivity index is 0.716. The van der Waals surface area contributed by atoms with Crippen molar-refractivity contribution in [3.05, 3.63) is 125 Å². The lowest BCUT2D eigenvalue weighted by atomic mass is 9.84. The number of fused-ring (bicyclic) bond motifs is 1. The second kappa shape index (κ2) is 18.6. The summed E-state index contributed by atoms with van der Waals surface area (Å²) in [5.41, 5.74) is 7.09. The number of nitrogens with one attached hydrogen (secondary N) is 3. The molecule has 12 nitrogen and oxygen atoms in total. The summed E-state index contributed by atoms with van der Waals surface area (Å²) >= 11 is 0. The molecule has 4 amide bonds. The van der Waals surface area contributed by atoms with Gasteiger partial charge in [-0.25, -0.2) is 4.39 Å². The fourth-order valence-corrected chi connectivity index (χ4v) is 9.68. The average Bonchev–Trinajstić information content (AvgIpc) is 3.77. The van der Waals surface area contributed by atoms with Crippen molar-refractivity contribution < 1.29 is 28.3 Å². The van der Waals surface area contributed by atoms with E-state index in [0.717, 1.165) is 111 Å². The summed E-state index contributed by atoms with van der Waals surface area (Å²) in [6, 6.07) is 25.8. The maximum Gasteiger partial charge on any atom is 0.253 e. The van der Waals surface area contributed by atoms with Gasteiger partial charge in [0.15, 0.2) is 0 Å². The van der Waals surface area contributed by atoms with E-state index in [-0.39, 0.29) is 47.7 Å². The van der Waals surface area contributed by atoms with Crippen molar-refractivity contribution in [2.45, 2.75) is 69.9 Å². The number of rotatable bonds is 12. The van der Waals surface area contributed by atoms with Crippen LogP contribution in [0.25, 0.3) is 22.5 Å². The van der Waals surface area contributed by atoms with Crippen LogP contribution in [0.2, 0.25) is 0 Å². The molecule has 0 bridgehead atoms. The fraction of sp³-hybridized carbons (Fsp3) is 0.380. The van der Waals surface area contributed by atoms with Gasteiger partial charge in [-0.05, 0) is 123 Å². The molecule has 3 aromatic carbocycles. The summed E-state index contributed by atoms with van der Waals surface area (Å²) in [6.07, 6.45) is 8.23. The molecule has 0 spiro atoms. The van der Waals surface area contributed by atoms with Crippen LogP contribution in [0.15, 0.2) is 91.1 Å². The molecule has 5 heterocycles. The molecule has 2 aromatic heterocycles. The molecule has 3 aliphatic heterocycles. The third-order valence-corrected chi connectivity index (χ3v) is 13.4. The molecule has 4 aliphatic rings. The number of nitrogens with zero attached hydrogens (tertiary/aromatic N) is 4. The molecular formula is C50H54FN7O5. The lowest BCUT2D eigenvalue weighted by molar-refractivity contribution is -0.150. The van der Waals surface area contributed by atoms with Crippen LogP contribution in [0.4, 0.5) is 10.1 Å². The lowest BCUT2D eigenvalue weighted by Gasteiger charge is -2.38. The number of aromatic amines is 1. The van der Waals surface area contributed by atoms with Crippen molar-refractivity contribution in [1.29, 1.82) is 0 Å². The number of pyridine rings is 1. The Morgan fingerprint density at radius 2 is 1.68 bits per heavy atom. The van der Waals surface area contributed by atoms with Crippen LogP contribution in [0.5, 0.6) is 5.75 Å². The second-order valence-electron chi connectivity index (χ2n) is 17.4. The van der Waals surface area contributed by atoms with Crippen LogP contribution < -0.4 is 20.3 Å². The van der Waals surface area contributed by atoms with Crippen LogP contribution in [0.3, 0.4) is 0 Å². The van der Waals surface area contributed by atoms with Gasteiger partial charge < -0.3 is 25.3 Å². The van der Waals surface area contributed by atoms with Gasteiger partial charge in [-0.2, -0.15) is 0 Å². The maximum absolute atomic E-state index is 15.5. The Morgan fingerprint density at radius 1 is 0.873 bits per heavy atom. The average molecular weight is 852 g/mol. The van der Waals surface area contributed by atoms with Crippen LogP contribution in [-0.2, 0) is 22.6 Å². The van der Waals surface area contributed by atoms with Crippen molar-refractivity contribution in [3.63, 3.8) is 0 Å². The Kier molecular flexibility index (Phi) is 12.4. The van der Waals surface area contributed by atoms with Gasteiger partial charge in [0, 0.05) is 91.6 Å². The number of hydrogen-bond acceptors (Lipinski definition) is 8. The molecule has 326 valence electrons. The summed E-state index contributed by atoms with van der Waals surface area (Å²) in [5.74, 6) is -0.153. The Hall–Kier alpha value is -6.34. The van der Waals surface area contributed by atoms with E-state index in [1.54, 1.807) is 31.5 Å². The minimum absolute atomic E-state index is 0.0591. The predicted molar refractivity (Wildman–Crippen MR) is 239 cm³/mol. The molecule has 1 aliphatic carbocycles. The molecule has 63 heavy (non-hydrogen) atoms. The van der Waals surface area contributed by atoms with Crippen LogP contribution in [0, 0.1) is 11.7 Å². The summed E-state index contributed by atoms with van der Waals surface area (Å²) in [4.78, 5) is 66.1. The first-order valence-electron chi connectivity index (χ1n) is 22.3. The van der Waals surface area contributed by atoms with Gasteiger partial charge in [0.2, 0.25) is 11.8 Å². The molecule has 1 saturated carbocycles. The molecule has 5 aromatic rings. The van der Waals surface area contributed by atoms with E-state index in [1.165, 1.54) is 11.0 Å². The van der Waals surface area contributed by atoms with E-state index in [2.05, 4.69) is 42.5 Å². The van der Waals surface area contributed by atoms with Crippen molar-refractivity contribution in [2.75, 3.05) is 51.3 Å². The molecule has 0 radical (unpaired) electrons. The number of piperidine rings is 1. The molecular weight excluding hydrogens is 798 g/mol. The molecule has 13 heteroatoms. The largest absolute Gasteiger partial charge is 0.497 e. The van der Waals surface area contributed by atoms with E-state index < -0.39 is 5.82 Å². The quantitative estimate of drug-likeness (QED) is 0.113. The van der Waals surface area contributed by atoms with Gasteiger partial charge >= 0.3 is 0 Å². The summed E-state index contributed by atoms with van der Waals surface area (Å²) in [6.45, 7) is 5.63. The highest BCUT2D eigenvalue weighted by Crippen LogP contribution is 2.34. The lowest BCUT2D eigenvalue weighted by Crippen LogP contribution is -2.47. The van der Waals surface area contributed by atoms with E-state index in [9.17, 15) is 19.2 Å². The minimum atomic E-state index is -0.515. The van der Waals surface area contributed by atoms with Crippen molar-refractivity contribution in [3.8, 4) is 28.3 Å². The number of aromatic nitrogens is 2.